The Hall–Kier alpha value is -1.14. The number of hydrogen-bond donors (Lipinski definition) is 1. The molecule has 20 heavy (non-hydrogen) atoms. The molecule has 0 aromatic heterocycles. The largest absolute Gasteiger partial charge is 0.401 e. The van der Waals surface area contributed by atoms with Gasteiger partial charge in [0.2, 0.25) is 0 Å². The van der Waals surface area contributed by atoms with Gasteiger partial charge >= 0.3 is 6.18 Å². The lowest BCUT2D eigenvalue weighted by Crippen LogP contribution is -2.45. The van der Waals surface area contributed by atoms with Crippen molar-refractivity contribution in [1.82, 2.24) is 10.2 Å². The van der Waals surface area contributed by atoms with Gasteiger partial charge in [-0.1, -0.05) is 12.1 Å². The van der Waals surface area contributed by atoms with Crippen molar-refractivity contribution in [2.75, 3.05) is 19.6 Å². The Bertz CT molecular complexity index is 408. The number of nitrogens with zero attached hydrogens (tertiary/aromatic N) is 1. The summed E-state index contributed by atoms with van der Waals surface area (Å²) in [7, 11) is 0. The number of nitrogens with one attached hydrogen (secondary N) is 1. The van der Waals surface area contributed by atoms with Crippen LogP contribution in [0.1, 0.15) is 18.4 Å². The van der Waals surface area contributed by atoms with E-state index in [0.717, 1.165) is 5.56 Å². The molecule has 1 fully saturated rings. The Balaban J connectivity index is 1.70. The molecular weight excluding hydrogens is 272 g/mol. The van der Waals surface area contributed by atoms with E-state index in [0.29, 0.717) is 32.5 Å². The van der Waals surface area contributed by atoms with Gasteiger partial charge in [-0.2, -0.15) is 13.2 Å². The summed E-state index contributed by atoms with van der Waals surface area (Å²) in [5.74, 6) is -0.269. The van der Waals surface area contributed by atoms with Crippen LogP contribution in [0, 0.1) is 5.82 Å². The lowest BCUT2D eigenvalue weighted by atomic mass is 10.0. The molecule has 0 atom stereocenters. The van der Waals surface area contributed by atoms with Crippen molar-refractivity contribution >= 4 is 0 Å². The maximum absolute atomic E-state index is 12.7. The Morgan fingerprint density at radius 3 is 2.25 bits per heavy atom. The molecule has 1 saturated heterocycles. The summed E-state index contributed by atoms with van der Waals surface area (Å²) in [6.07, 6.45) is -2.71. The summed E-state index contributed by atoms with van der Waals surface area (Å²) in [5.41, 5.74) is 0.976. The summed E-state index contributed by atoms with van der Waals surface area (Å²) in [6, 6.07) is 6.46. The van der Waals surface area contributed by atoms with Crippen LogP contribution < -0.4 is 5.32 Å². The van der Waals surface area contributed by atoms with E-state index in [9.17, 15) is 17.6 Å². The Morgan fingerprint density at radius 1 is 1.10 bits per heavy atom. The average Bonchev–Trinajstić information content (AvgIpc) is 2.38. The first-order valence-electron chi connectivity index (χ1n) is 6.69. The summed E-state index contributed by atoms with van der Waals surface area (Å²) < 4.78 is 49.5. The van der Waals surface area contributed by atoms with E-state index in [2.05, 4.69) is 5.32 Å². The van der Waals surface area contributed by atoms with Gasteiger partial charge in [0.25, 0.3) is 0 Å². The fourth-order valence-electron chi connectivity index (χ4n) is 2.41. The van der Waals surface area contributed by atoms with Crippen LogP contribution in [0.5, 0.6) is 0 Å². The summed E-state index contributed by atoms with van der Waals surface area (Å²) in [6.45, 7) is 0.711. The van der Waals surface area contributed by atoms with Crippen LogP contribution in [0.2, 0.25) is 0 Å². The highest BCUT2D eigenvalue weighted by Crippen LogP contribution is 2.19. The van der Waals surface area contributed by atoms with Crippen LogP contribution in [0.4, 0.5) is 17.6 Å². The minimum atomic E-state index is -4.12. The van der Waals surface area contributed by atoms with Crippen molar-refractivity contribution in [3.63, 3.8) is 0 Å². The summed E-state index contributed by atoms with van der Waals surface area (Å²) >= 11 is 0. The highest BCUT2D eigenvalue weighted by molar-refractivity contribution is 5.15. The molecule has 1 aliphatic heterocycles. The summed E-state index contributed by atoms with van der Waals surface area (Å²) in [5, 5.41) is 3.31. The zero-order valence-corrected chi connectivity index (χ0v) is 11.1. The van der Waals surface area contributed by atoms with Crippen LogP contribution in [-0.4, -0.2) is 36.8 Å². The SMILES string of the molecule is Fc1ccc(CNC2CCN(CC(F)(F)F)CC2)cc1. The van der Waals surface area contributed by atoms with Gasteiger partial charge in [-0.15, -0.1) is 0 Å². The van der Waals surface area contributed by atoms with E-state index in [1.165, 1.54) is 17.0 Å². The third kappa shape index (κ3) is 5.09. The van der Waals surface area contributed by atoms with Crippen molar-refractivity contribution in [3.8, 4) is 0 Å². The normalized spacial score (nSPS) is 18.4. The van der Waals surface area contributed by atoms with Gasteiger partial charge in [-0.3, -0.25) is 4.90 Å². The molecule has 112 valence electrons. The van der Waals surface area contributed by atoms with Gasteiger partial charge < -0.3 is 5.32 Å². The smallest absolute Gasteiger partial charge is 0.310 e. The fourth-order valence-corrected chi connectivity index (χ4v) is 2.41. The number of alkyl halides is 3. The first-order valence-corrected chi connectivity index (χ1v) is 6.69. The maximum atomic E-state index is 12.7. The molecule has 0 radical (unpaired) electrons. The van der Waals surface area contributed by atoms with E-state index in [-0.39, 0.29) is 11.9 Å². The minimum Gasteiger partial charge on any atom is -0.310 e. The van der Waals surface area contributed by atoms with Gasteiger partial charge in [0.05, 0.1) is 6.54 Å². The predicted molar refractivity (Wildman–Crippen MR) is 68.8 cm³/mol. The Kier molecular flexibility index (Phi) is 4.99. The molecule has 2 rings (SSSR count). The van der Waals surface area contributed by atoms with Crippen molar-refractivity contribution in [3.05, 3.63) is 35.6 Å². The fraction of sp³-hybridized carbons (Fsp3) is 0.571. The van der Waals surface area contributed by atoms with Crippen molar-refractivity contribution in [1.29, 1.82) is 0 Å². The predicted octanol–water partition coefficient (Wildman–Crippen LogP) is 2.94. The van der Waals surface area contributed by atoms with Gasteiger partial charge in [0, 0.05) is 12.6 Å². The Labute approximate surface area is 115 Å². The second-order valence-corrected chi connectivity index (χ2v) is 5.17. The molecule has 0 unspecified atom stereocenters. The zero-order chi connectivity index (χ0) is 14.6. The molecule has 0 aliphatic carbocycles. The molecule has 1 aromatic rings. The molecule has 1 heterocycles. The first-order chi connectivity index (χ1) is 9.42. The molecule has 0 amide bonds. The quantitative estimate of drug-likeness (QED) is 0.858. The second-order valence-electron chi connectivity index (χ2n) is 5.17. The minimum absolute atomic E-state index is 0.226. The maximum Gasteiger partial charge on any atom is 0.401 e. The highest BCUT2D eigenvalue weighted by Gasteiger charge is 2.32. The number of benzene rings is 1. The first kappa shape index (κ1) is 15.3. The van der Waals surface area contributed by atoms with Crippen molar-refractivity contribution in [2.24, 2.45) is 0 Å². The average molecular weight is 290 g/mol. The topological polar surface area (TPSA) is 15.3 Å². The van der Waals surface area contributed by atoms with Gasteiger partial charge in [-0.25, -0.2) is 4.39 Å². The van der Waals surface area contributed by atoms with Crippen LogP contribution >= 0.6 is 0 Å². The molecule has 6 heteroatoms. The summed E-state index contributed by atoms with van der Waals surface area (Å²) in [4.78, 5) is 1.44. The zero-order valence-electron chi connectivity index (χ0n) is 11.1. The molecule has 2 nitrogen and oxygen atoms in total. The van der Waals surface area contributed by atoms with Gasteiger partial charge in [-0.05, 0) is 43.6 Å². The lowest BCUT2D eigenvalue weighted by Gasteiger charge is -2.32. The number of rotatable bonds is 4. The van der Waals surface area contributed by atoms with E-state index in [4.69, 9.17) is 0 Å². The van der Waals surface area contributed by atoms with Crippen molar-refractivity contribution < 1.29 is 17.6 Å². The number of halogens is 4. The van der Waals surface area contributed by atoms with Crippen molar-refractivity contribution in [2.45, 2.75) is 31.6 Å². The van der Waals surface area contributed by atoms with Crippen LogP contribution in [-0.2, 0) is 6.54 Å². The van der Waals surface area contributed by atoms with E-state index < -0.39 is 12.7 Å². The lowest BCUT2D eigenvalue weighted by molar-refractivity contribution is -0.148. The van der Waals surface area contributed by atoms with Gasteiger partial charge in [0.1, 0.15) is 5.82 Å². The third-order valence-corrected chi connectivity index (χ3v) is 3.50. The number of piperidine rings is 1. The van der Waals surface area contributed by atoms with Gasteiger partial charge in [0.15, 0.2) is 0 Å². The van der Waals surface area contributed by atoms with Crippen LogP contribution in [0.3, 0.4) is 0 Å². The molecule has 0 saturated carbocycles. The standard InChI is InChI=1S/C14H18F4N2/c15-12-3-1-11(2-4-12)9-19-13-5-7-20(8-6-13)10-14(16,17)18/h1-4,13,19H,5-10H2. The monoisotopic (exact) mass is 290 g/mol. The molecule has 0 spiro atoms. The number of hydrogen-bond acceptors (Lipinski definition) is 2. The Morgan fingerprint density at radius 2 is 1.70 bits per heavy atom. The van der Waals surface area contributed by atoms with E-state index in [1.54, 1.807) is 12.1 Å². The second kappa shape index (κ2) is 6.54. The van der Waals surface area contributed by atoms with Crippen LogP contribution in [0.15, 0.2) is 24.3 Å². The molecule has 0 bridgehead atoms. The van der Waals surface area contributed by atoms with Crippen LogP contribution in [0.25, 0.3) is 0 Å². The molecule has 1 aliphatic rings. The number of likely N-dealkylation sites (tertiary alicyclic amines) is 1. The van der Waals surface area contributed by atoms with E-state index in [1.807, 2.05) is 0 Å². The highest BCUT2D eigenvalue weighted by atomic mass is 19.4. The molecule has 1 aromatic carbocycles. The molecule has 1 N–H and O–H groups in total. The third-order valence-electron chi connectivity index (χ3n) is 3.50. The van der Waals surface area contributed by atoms with E-state index >= 15 is 0 Å². The molecular formula is C14H18F4N2.